The zero-order valence-electron chi connectivity index (χ0n) is 14.5. The Kier molecular flexibility index (Phi) is 4.84. The van der Waals surface area contributed by atoms with Crippen LogP contribution in [0.2, 0.25) is 0 Å². The predicted molar refractivity (Wildman–Crippen MR) is 98.2 cm³/mol. The first-order valence-electron chi connectivity index (χ1n) is 7.94. The molecule has 0 aliphatic carbocycles. The average molecular weight is 336 g/mol. The summed E-state index contributed by atoms with van der Waals surface area (Å²) >= 11 is 0. The van der Waals surface area contributed by atoms with Crippen LogP contribution in [0.4, 0.5) is 5.82 Å². The Bertz CT molecular complexity index is 889. The van der Waals surface area contributed by atoms with Crippen LogP contribution in [-0.2, 0) is 11.3 Å². The van der Waals surface area contributed by atoms with Crippen molar-refractivity contribution in [3.8, 4) is 5.75 Å². The number of rotatable bonds is 5. The molecule has 0 saturated heterocycles. The minimum atomic E-state index is -0.382. The Balaban J connectivity index is 1.68. The number of pyridine rings is 1. The van der Waals surface area contributed by atoms with Gasteiger partial charge in [-0.2, -0.15) is 0 Å². The Morgan fingerprint density at radius 2 is 1.80 bits per heavy atom. The van der Waals surface area contributed by atoms with E-state index >= 15 is 0 Å². The van der Waals surface area contributed by atoms with Crippen LogP contribution in [-0.4, -0.2) is 32.2 Å². The standard InChI is InChI=1S/C20H20N2O3/c1-22(2)19-9-7-17(12-21-19)20(23)25-13-14-4-5-16-11-18(24-3)8-6-15(16)10-14/h4-12H,13H2,1-3H3. The highest BCUT2D eigenvalue weighted by Crippen LogP contribution is 2.22. The Morgan fingerprint density at radius 1 is 1.04 bits per heavy atom. The second kappa shape index (κ2) is 7.21. The lowest BCUT2D eigenvalue weighted by Gasteiger charge is -2.11. The fraction of sp³-hybridized carbons (Fsp3) is 0.200. The summed E-state index contributed by atoms with van der Waals surface area (Å²) in [6, 6.07) is 15.3. The molecular formula is C20H20N2O3. The maximum absolute atomic E-state index is 12.2. The first-order valence-corrected chi connectivity index (χ1v) is 7.94. The van der Waals surface area contributed by atoms with Crippen LogP contribution in [0.25, 0.3) is 10.8 Å². The van der Waals surface area contributed by atoms with Gasteiger partial charge >= 0.3 is 5.97 Å². The third-order valence-electron chi connectivity index (χ3n) is 3.92. The van der Waals surface area contributed by atoms with Gasteiger partial charge in [0.1, 0.15) is 18.2 Å². The molecule has 0 aliphatic rings. The van der Waals surface area contributed by atoms with Gasteiger partial charge in [0.05, 0.1) is 12.7 Å². The number of nitrogens with zero attached hydrogens (tertiary/aromatic N) is 2. The number of hydrogen-bond donors (Lipinski definition) is 0. The van der Waals surface area contributed by atoms with E-state index in [0.717, 1.165) is 27.9 Å². The lowest BCUT2D eigenvalue weighted by atomic mass is 10.1. The van der Waals surface area contributed by atoms with Crippen molar-refractivity contribution in [2.75, 3.05) is 26.1 Å². The van der Waals surface area contributed by atoms with Crippen LogP contribution in [0.15, 0.2) is 54.7 Å². The number of hydrogen-bond acceptors (Lipinski definition) is 5. The minimum absolute atomic E-state index is 0.218. The number of fused-ring (bicyclic) bond motifs is 1. The minimum Gasteiger partial charge on any atom is -0.497 e. The van der Waals surface area contributed by atoms with Gasteiger partial charge in [0, 0.05) is 20.3 Å². The average Bonchev–Trinajstić information content (AvgIpc) is 2.65. The molecule has 2 aromatic carbocycles. The van der Waals surface area contributed by atoms with Crippen LogP contribution >= 0.6 is 0 Å². The monoisotopic (exact) mass is 336 g/mol. The normalized spacial score (nSPS) is 10.5. The molecule has 0 amide bonds. The Hall–Kier alpha value is -3.08. The molecule has 3 rings (SSSR count). The van der Waals surface area contributed by atoms with E-state index in [2.05, 4.69) is 4.98 Å². The zero-order valence-corrected chi connectivity index (χ0v) is 14.5. The summed E-state index contributed by atoms with van der Waals surface area (Å²) < 4.78 is 10.6. The van der Waals surface area contributed by atoms with Crippen molar-refractivity contribution in [2.45, 2.75) is 6.61 Å². The van der Waals surface area contributed by atoms with E-state index in [1.807, 2.05) is 55.4 Å². The highest BCUT2D eigenvalue weighted by atomic mass is 16.5. The van der Waals surface area contributed by atoms with Crippen molar-refractivity contribution in [1.29, 1.82) is 0 Å². The number of aromatic nitrogens is 1. The third kappa shape index (κ3) is 3.88. The molecule has 0 radical (unpaired) electrons. The molecule has 0 saturated carbocycles. The van der Waals surface area contributed by atoms with Gasteiger partial charge in [-0.3, -0.25) is 0 Å². The molecule has 0 atom stereocenters. The number of anilines is 1. The van der Waals surface area contributed by atoms with Gasteiger partial charge in [0.15, 0.2) is 0 Å². The predicted octanol–water partition coefficient (Wildman–Crippen LogP) is 3.67. The van der Waals surface area contributed by atoms with Gasteiger partial charge in [-0.1, -0.05) is 18.2 Å². The van der Waals surface area contributed by atoms with Crippen molar-refractivity contribution in [3.05, 3.63) is 65.9 Å². The van der Waals surface area contributed by atoms with Crippen LogP contribution in [0.3, 0.4) is 0 Å². The summed E-state index contributed by atoms with van der Waals surface area (Å²) in [6.45, 7) is 0.218. The van der Waals surface area contributed by atoms with E-state index < -0.39 is 0 Å². The molecule has 128 valence electrons. The second-order valence-electron chi connectivity index (χ2n) is 5.92. The number of methoxy groups -OCH3 is 1. The molecule has 1 aromatic heterocycles. The molecule has 5 nitrogen and oxygen atoms in total. The van der Waals surface area contributed by atoms with Gasteiger partial charge in [-0.05, 0) is 46.7 Å². The summed E-state index contributed by atoms with van der Waals surface area (Å²) in [5, 5.41) is 2.16. The van der Waals surface area contributed by atoms with Gasteiger partial charge < -0.3 is 14.4 Å². The zero-order chi connectivity index (χ0) is 17.8. The number of carbonyl (C=O) groups is 1. The van der Waals surface area contributed by atoms with Crippen molar-refractivity contribution in [3.63, 3.8) is 0 Å². The highest BCUT2D eigenvalue weighted by Gasteiger charge is 2.09. The van der Waals surface area contributed by atoms with Crippen LogP contribution in [0, 0.1) is 0 Å². The first kappa shape index (κ1) is 16.8. The van der Waals surface area contributed by atoms with E-state index in [0.29, 0.717) is 5.56 Å². The number of esters is 1. The first-order chi connectivity index (χ1) is 12.1. The van der Waals surface area contributed by atoms with E-state index in [9.17, 15) is 4.79 Å². The number of carbonyl (C=O) groups excluding carboxylic acids is 1. The Labute approximate surface area is 146 Å². The van der Waals surface area contributed by atoms with Crippen molar-refractivity contribution in [2.24, 2.45) is 0 Å². The van der Waals surface area contributed by atoms with Crippen molar-refractivity contribution < 1.29 is 14.3 Å². The quantitative estimate of drug-likeness (QED) is 0.666. The Morgan fingerprint density at radius 3 is 2.48 bits per heavy atom. The lowest BCUT2D eigenvalue weighted by molar-refractivity contribution is 0.0472. The lowest BCUT2D eigenvalue weighted by Crippen LogP contribution is -2.11. The second-order valence-corrected chi connectivity index (χ2v) is 5.92. The van der Waals surface area contributed by atoms with Crippen molar-refractivity contribution in [1.82, 2.24) is 4.98 Å². The molecule has 0 bridgehead atoms. The molecule has 0 unspecified atom stereocenters. The fourth-order valence-electron chi connectivity index (χ4n) is 2.49. The van der Waals surface area contributed by atoms with Crippen molar-refractivity contribution >= 4 is 22.6 Å². The molecule has 25 heavy (non-hydrogen) atoms. The van der Waals surface area contributed by atoms with Gasteiger partial charge in [0.2, 0.25) is 0 Å². The van der Waals surface area contributed by atoms with E-state index in [4.69, 9.17) is 9.47 Å². The van der Waals surface area contributed by atoms with E-state index in [1.54, 1.807) is 19.2 Å². The summed E-state index contributed by atoms with van der Waals surface area (Å²) in [4.78, 5) is 18.3. The summed E-state index contributed by atoms with van der Waals surface area (Å²) in [5.41, 5.74) is 1.38. The van der Waals surface area contributed by atoms with Gasteiger partial charge in [-0.25, -0.2) is 9.78 Å². The van der Waals surface area contributed by atoms with E-state index in [-0.39, 0.29) is 12.6 Å². The molecule has 1 heterocycles. The largest absolute Gasteiger partial charge is 0.497 e. The summed E-state index contributed by atoms with van der Waals surface area (Å²) in [6.07, 6.45) is 1.53. The molecule has 3 aromatic rings. The molecule has 0 N–H and O–H groups in total. The van der Waals surface area contributed by atoms with E-state index in [1.165, 1.54) is 6.20 Å². The SMILES string of the molecule is COc1ccc2cc(COC(=O)c3ccc(N(C)C)nc3)ccc2c1. The highest BCUT2D eigenvalue weighted by molar-refractivity contribution is 5.89. The smallest absolute Gasteiger partial charge is 0.340 e. The third-order valence-corrected chi connectivity index (χ3v) is 3.92. The molecular weight excluding hydrogens is 316 g/mol. The molecule has 0 fully saturated rings. The van der Waals surface area contributed by atoms with Crippen LogP contribution in [0.5, 0.6) is 5.75 Å². The maximum Gasteiger partial charge on any atom is 0.340 e. The van der Waals surface area contributed by atoms with Crippen LogP contribution in [0.1, 0.15) is 15.9 Å². The summed E-state index contributed by atoms with van der Waals surface area (Å²) in [7, 11) is 5.44. The molecule has 0 spiro atoms. The maximum atomic E-state index is 12.2. The van der Waals surface area contributed by atoms with Gasteiger partial charge in [-0.15, -0.1) is 0 Å². The van der Waals surface area contributed by atoms with Gasteiger partial charge in [0.25, 0.3) is 0 Å². The summed E-state index contributed by atoms with van der Waals surface area (Å²) in [5.74, 6) is 1.23. The number of benzene rings is 2. The number of ether oxygens (including phenoxy) is 2. The molecule has 0 aliphatic heterocycles. The topological polar surface area (TPSA) is 51.7 Å². The fourth-order valence-corrected chi connectivity index (χ4v) is 2.49. The van der Waals surface area contributed by atoms with Crippen LogP contribution < -0.4 is 9.64 Å². The molecule has 5 heteroatoms.